The van der Waals surface area contributed by atoms with Gasteiger partial charge in [0, 0.05) is 24.4 Å². The van der Waals surface area contributed by atoms with Crippen LogP contribution in [0.2, 0.25) is 0 Å². The van der Waals surface area contributed by atoms with Crippen LogP contribution in [-0.4, -0.2) is 25.9 Å². The maximum Gasteiger partial charge on any atom is 0.342 e. The second kappa shape index (κ2) is 6.91. The lowest BCUT2D eigenvalue weighted by molar-refractivity contribution is 0.0439. The summed E-state index contributed by atoms with van der Waals surface area (Å²) in [6, 6.07) is 9.44. The molecule has 3 heterocycles. The summed E-state index contributed by atoms with van der Waals surface area (Å²) in [6.45, 7) is 1.85. The van der Waals surface area contributed by atoms with Crippen LogP contribution in [0, 0.1) is 6.92 Å². The van der Waals surface area contributed by atoms with E-state index in [9.17, 15) is 4.79 Å². The number of hydrogen-bond donors (Lipinski definition) is 0. The van der Waals surface area contributed by atoms with Gasteiger partial charge < -0.3 is 13.6 Å². The molecule has 0 saturated carbocycles. The van der Waals surface area contributed by atoms with E-state index in [1.54, 1.807) is 24.0 Å². The van der Waals surface area contributed by atoms with Gasteiger partial charge in [-0.3, -0.25) is 4.68 Å². The van der Waals surface area contributed by atoms with Crippen LogP contribution in [0.1, 0.15) is 21.8 Å². The number of aromatic nitrogens is 4. The van der Waals surface area contributed by atoms with Crippen LogP contribution in [0.25, 0.3) is 22.7 Å². The third kappa shape index (κ3) is 3.50. The highest BCUT2D eigenvalue weighted by atomic mass is 16.5. The van der Waals surface area contributed by atoms with Gasteiger partial charge in [-0.1, -0.05) is 17.7 Å². The van der Waals surface area contributed by atoms with Crippen LogP contribution in [0.4, 0.5) is 0 Å². The molecular formula is C19H16N4O4. The molecule has 0 unspecified atom stereocenters. The van der Waals surface area contributed by atoms with Gasteiger partial charge in [0.25, 0.3) is 5.89 Å². The van der Waals surface area contributed by atoms with E-state index < -0.39 is 5.97 Å². The van der Waals surface area contributed by atoms with Crippen molar-refractivity contribution >= 4 is 5.97 Å². The molecule has 27 heavy (non-hydrogen) atoms. The van der Waals surface area contributed by atoms with Crippen molar-refractivity contribution in [1.82, 2.24) is 20.0 Å². The molecule has 4 aromatic rings. The highest BCUT2D eigenvalue weighted by Gasteiger charge is 2.20. The molecular weight excluding hydrogens is 348 g/mol. The van der Waals surface area contributed by atoms with Crippen molar-refractivity contribution in [2.24, 2.45) is 7.05 Å². The van der Waals surface area contributed by atoms with Gasteiger partial charge in [-0.25, -0.2) is 4.79 Å². The fraction of sp³-hybridized carbons (Fsp3) is 0.158. The lowest BCUT2D eigenvalue weighted by Crippen LogP contribution is -2.06. The van der Waals surface area contributed by atoms with Crippen molar-refractivity contribution in [3.63, 3.8) is 0 Å². The topological polar surface area (TPSA) is 96.2 Å². The molecule has 136 valence electrons. The summed E-state index contributed by atoms with van der Waals surface area (Å²) in [4.78, 5) is 12.5. The summed E-state index contributed by atoms with van der Waals surface area (Å²) in [5.74, 6) is 0.0634. The van der Waals surface area contributed by atoms with Gasteiger partial charge in [-0.2, -0.15) is 5.10 Å². The smallest absolute Gasteiger partial charge is 0.342 e. The largest absolute Gasteiger partial charge is 0.472 e. The zero-order chi connectivity index (χ0) is 18.8. The first kappa shape index (κ1) is 16.8. The Labute approximate surface area is 154 Å². The molecule has 0 amide bonds. The summed E-state index contributed by atoms with van der Waals surface area (Å²) in [5, 5.41) is 12.2. The molecule has 0 atom stereocenters. The van der Waals surface area contributed by atoms with Gasteiger partial charge in [0.1, 0.15) is 11.3 Å². The molecule has 0 aliphatic carbocycles. The Bertz CT molecular complexity index is 1080. The second-order valence-corrected chi connectivity index (χ2v) is 6.02. The first-order valence-electron chi connectivity index (χ1n) is 8.23. The lowest BCUT2D eigenvalue weighted by atomic mass is 10.1. The van der Waals surface area contributed by atoms with E-state index in [-0.39, 0.29) is 12.5 Å². The maximum atomic E-state index is 12.5. The van der Waals surface area contributed by atoms with Crippen LogP contribution in [0.3, 0.4) is 0 Å². The van der Waals surface area contributed by atoms with Gasteiger partial charge in [0.05, 0.1) is 12.5 Å². The van der Waals surface area contributed by atoms with Crippen molar-refractivity contribution in [1.29, 1.82) is 0 Å². The number of ether oxygens (including phenoxy) is 1. The van der Waals surface area contributed by atoms with Crippen LogP contribution in [-0.2, 0) is 18.4 Å². The van der Waals surface area contributed by atoms with E-state index in [4.69, 9.17) is 13.6 Å². The predicted molar refractivity (Wildman–Crippen MR) is 94.5 cm³/mol. The Hall–Kier alpha value is -3.68. The predicted octanol–water partition coefficient (Wildman–Crippen LogP) is 3.40. The van der Waals surface area contributed by atoms with E-state index in [1.165, 1.54) is 12.5 Å². The summed E-state index contributed by atoms with van der Waals surface area (Å²) < 4.78 is 17.5. The molecule has 0 radical (unpaired) electrons. The number of rotatable bonds is 5. The normalized spacial score (nSPS) is 10.9. The van der Waals surface area contributed by atoms with Crippen molar-refractivity contribution in [2.45, 2.75) is 13.5 Å². The SMILES string of the molecule is Cc1cccc(-c2nnc(COC(=O)c3cn(C)nc3-c3ccoc3)o2)c1. The third-order valence-corrected chi connectivity index (χ3v) is 3.90. The minimum absolute atomic E-state index is 0.128. The molecule has 0 bridgehead atoms. The molecule has 0 saturated heterocycles. The maximum absolute atomic E-state index is 12.5. The fourth-order valence-electron chi connectivity index (χ4n) is 2.66. The van der Waals surface area contributed by atoms with Crippen molar-refractivity contribution in [3.05, 3.63) is 66.1 Å². The highest BCUT2D eigenvalue weighted by molar-refractivity contribution is 5.95. The number of carbonyl (C=O) groups excluding carboxylic acids is 1. The van der Waals surface area contributed by atoms with Crippen molar-refractivity contribution < 1.29 is 18.4 Å². The minimum Gasteiger partial charge on any atom is -0.472 e. The van der Waals surface area contributed by atoms with Crippen LogP contribution in [0.15, 0.2) is 57.9 Å². The van der Waals surface area contributed by atoms with Gasteiger partial charge in [0.15, 0.2) is 6.61 Å². The van der Waals surface area contributed by atoms with Crippen molar-refractivity contribution in [3.8, 4) is 22.7 Å². The van der Waals surface area contributed by atoms with Gasteiger partial charge >= 0.3 is 5.97 Å². The van der Waals surface area contributed by atoms with E-state index in [1.807, 2.05) is 31.2 Å². The van der Waals surface area contributed by atoms with E-state index in [2.05, 4.69) is 15.3 Å². The number of benzene rings is 1. The zero-order valence-corrected chi connectivity index (χ0v) is 14.7. The van der Waals surface area contributed by atoms with Crippen LogP contribution < -0.4 is 0 Å². The molecule has 0 spiro atoms. The zero-order valence-electron chi connectivity index (χ0n) is 14.7. The van der Waals surface area contributed by atoms with E-state index in [0.29, 0.717) is 22.7 Å². The molecule has 8 nitrogen and oxygen atoms in total. The molecule has 0 aliphatic rings. The molecule has 3 aromatic heterocycles. The van der Waals surface area contributed by atoms with Gasteiger partial charge in [0.2, 0.25) is 5.89 Å². The van der Waals surface area contributed by atoms with E-state index in [0.717, 1.165) is 11.1 Å². The lowest BCUT2D eigenvalue weighted by Gasteiger charge is -2.01. The van der Waals surface area contributed by atoms with Crippen LogP contribution in [0.5, 0.6) is 0 Å². The average molecular weight is 364 g/mol. The Morgan fingerprint density at radius 1 is 1.22 bits per heavy atom. The standard InChI is InChI=1S/C19H16N4O4/c1-12-4-3-5-13(8-12)18-21-20-16(27-18)11-26-19(24)15-9-23(2)22-17(15)14-6-7-25-10-14/h3-10H,11H2,1-2H3. The fourth-order valence-corrected chi connectivity index (χ4v) is 2.66. The van der Waals surface area contributed by atoms with Crippen LogP contribution >= 0.6 is 0 Å². The third-order valence-electron chi connectivity index (χ3n) is 3.90. The second-order valence-electron chi connectivity index (χ2n) is 6.02. The minimum atomic E-state index is -0.533. The molecule has 0 fully saturated rings. The molecule has 4 rings (SSSR count). The monoisotopic (exact) mass is 364 g/mol. The number of esters is 1. The Balaban J connectivity index is 1.48. The Morgan fingerprint density at radius 2 is 2.11 bits per heavy atom. The molecule has 0 aliphatic heterocycles. The first-order valence-corrected chi connectivity index (χ1v) is 8.23. The van der Waals surface area contributed by atoms with Crippen molar-refractivity contribution in [2.75, 3.05) is 0 Å². The summed E-state index contributed by atoms with van der Waals surface area (Å²) >= 11 is 0. The molecule has 0 N–H and O–H groups in total. The molecule has 8 heteroatoms. The quantitative estimate of drug-likeness (QED) is 0.501. The summed E-state index contributed by atoms with van der Waals surface area (Å²) in [7, 11) is 1.73. The van der Waals surface area contributed by atoms with Gasteiger partial charge in [-0.05, 0) is 25.1 Å². The Kier molecular flexibility index (Phi) is 4.29. The summed E-state index contributed by atoms with van der Waals surface area (Å²) in [6.07, 6.45) is 4.63. The first-order chi connectivity index (χ1) is 13.1. The average Bonchev–Trinajstić information content (AvgIpc) is 3.40. The Morgan fingerprint density at radius 3 is 2.89 bits per heavy atom. The molecule has 1 aromatic carbocycles. The van der Waals surface area contributed by atoms with E-state index >= 15 is 0 Å². The number of hydrogen-bond acceptors (Lipinski definition) is 7. The number of carbonyl (C=O) groups is 1. The highest BCUT2D eigenvalue weighted by Crippen LogP contribution is 2.24. The summed E-state index contributed by atoms with van der Waals surface area (Å²) in [5.41, 5.74) is 3.42. The van der Waals surface area contributed by atoms with Gasteiger partial charge in [-0.15, -0.1) is 10.2 Å². The number of nitrogens with zero attached hydrogens (tertiary/aromatic N) is 4. The number of furan rings is 1. The number of aryl methyl sites for hydroxylation is 2.